The molecular weight excluding hydrogens is 300 g/mol. The van der Waals surface area contributed by atoms with Gasteiger partial charge in [-0.15, -0.1) is 0 Å². The van der Waals surface area contributed by atoms with Gasteiger partial charge in [-0.2, -0.15) is 0 Å². The Labute approximate surface area is 113 Å². The average molecular weight is 315 g/mol. The topological polar surface area (TPSA) is 80.1 Å². The number of aromatic nitrogens is 1. The molecule has 0 aliphatic carbocycles. The molecule has 2 heterocycles. The molecule has 0 radical (unpaired) electrons. The van der Waals surface area contributed by atoms with Gasteiger partial charge in [-0.1, -0.05) is 0 Å². The fraction of sp³-hybridized carbons (Fsp3) is 0.545. The van der Waals surface area contributed by atoms with Gasteiger partial charge >= 0.3 is 5.69 Å². The normalized spacial score (nSPS) is 19.5. The van der Waals surface area contributed by atoms with Gasteiger partial charge in [0.05, 0.1) is 9.40 Å². The average Bonchev–Trinajstić information content (AvgIpc) is 2.38. The highest BCUT2D eigenvalue weighted by Gasteiger charge is 2.19. The molecule has 6 nitrogen and oxygen atoms in total. The van der Waals surface area contributed by atoms with Crippen molar-refractivity contribution >= 4 is 27.3 Å². The molecule has 2 rings (SSSR count). The summed E-state index contributed by atoms with van der Waals surface area (Å²) in [5, 5.41) is 17.4. The fourth-order valence-corrected chi connectivity index (χ4v) is 2.54. The van der Waals surface area contributed by atoms with Gasteiger partial charge in [0.2, 0.25) is 0 Å². The number of nitrogens with zero attached hydrogens (tertiary/aromatic N) is 2. The first-order valence-corrected chi connectivity index (χ1v) is 6.70. The predicted molar refractivity (Wildman–Crippen MR) is 72.7 cm³/mol. The van der Waals surface area contributed by atoms with Crippen LogP contribution in [0.1, 0.15) is 12.8 Å². The number of nitrogens with one attached hydrogen (secondary N) is 2. The molecule has 1 saturated heterocycles. The van der Waals surface area contributed by atoms with E-state index in [-0.39, 0.29) is 5.69 Å². The van der Waals surface area contributed by atoms with Crippen molar-refractivity contribution in [3.8, 4) is 0 Å². The lowest BCUT2D eigenvalue weighted by Gasteiger charge is -2.23. The molecule has 1 aromatic rings. The molecule has 98 valence electrons. The predicted octanol–water partition coefficient (Wildman–Crippen LogP) is 2.16. The van der Waals surface area contributed by atoms with E-state index in [2.05, 4.69) is 31.5 Å². The third-order valence-corrected chi connectivity index (χ3v) is 3.64. The van der Waals surface area contributed by atoms with Crippen LogP contribution in [-0.2, 0) is 0 Å². The summed E-state index contributed by atoms with van der Waals surface area (Å²) < 4.78 is 0.625. The molecule has 0 spiro atoms. The minimum atomic E-state index is -0.417. The molecule has 0 bridgehead atoms. The van der Waals surface area contributed by atoms with Gasteiger partial charge in [0.1, 0.15) is 11.9 Å². The maximum Gasteiger partial charge on any atom is 0.311 e. The van der Waals surface area contributed by atoms with Gasteiger partial charge in [-0.3, -0.25) is 15.1 Å². The van der Waals surface area contributed by atoms with Gasteiger partial charge in [-0.05, 0) is 47.8 Å². The van der Waals surface area contributed by atoms with E-state index in [1.807, 2.05) is 0 Å². The molecule has 0 amide bonds. The number of nitro groups is 1. The van der Waals surface area contributed by atoms with Crippen LogP contribution in [0.15, 0.2) is 16.9 Å². The summed E-state index contributed by atoms with van der Waals surface area (Å²) in [7, 11) is 0. The van der Waals surface area contributed by atoms with Crippen molar-refractivity contribution < 1.29 is 4.92 Å². The van der Waals surface area contributed by atoms with Gasteiger partial charge in [0, 0.05) is 12.7 Å². The van der Waals surface area contributed by atoms with Gasteiger partial charge in [-0.25, -0.2) is 0 Å². The number of halogens is 1. The first-order chi connectivity index (χ1) is 8.68. The van der Waals surface area contributed by atoms with Crippen LogP contribution in [0, 0.1) is 16.0 Å². The Kier molecular flexibility index (Phi) is 4.48. The minimum Gasteiger partial charge on any atom is -0.378 e. The Morgan fingerprint density at radius 2 is 2.44 bits per heavy atom. The smallest absolute Gasteiger partial charge is 0.311 e. The van der Waals surface area contributed by atoms with Crippen molar-refractivity contribution in [3.63, 3.8) is 0 Å². The zero-order valence-corrected chi connectivity index (χ0v) is 11.4. The summed E-state index contributed by atoms with van der Waals surface area (Å²) >= 11 is 3.30. The molecule has 2 N–H and O–H groups in total. The Bertz CT molecular complexity index is 435. The zero-order chi connectivity index (χ0) is 13.0. The van der Waals surface area contributed by atoms with Crippen LogP contribution in [-0.4, -0.2) is 29.5 Å². The first-order valence-electron chi connectivity index (χ1n) is 5.91. The van der Waals surface area contributed by atoms with E-state index >= 15 is 0 Å². The van der Waals surface area contributed by atoms with Crippen LogP contribution in [0.5, 0.6) is 0 Å². The van der Waals surface area contributed by atoms with Gasteiger partial charge < -0.3 is 10.6 Å². The Morgan fingerprint density at radius 1 is 1.61 bits per heavy atom. The van der Waals surface area contributed by atoms with Crippen LogP contribution >= 0.6 is 15.9 Å². The second-order valence-corrected chi connectivity index (χ2v) is 5.22. The minimum absolute atomic E-state index is 0.00754. The Morgan fingerprint density at radius 3 is 3.11 bits per heavy atom. The van der Waals surface area contributed by atoms with E-state index in [1.54, 1.807) is 6.20 Å². The number of hydrogen-bond acceptors (Lipinski definition) is 5. The van der Waals surface area contributed by atoms with Crippen LogP contribution in [0.25, 0.3) is 0 Å². The molecule has 1 fully saturated rings. The Balaban J connectivity index is 2.05. The van der Waals surface area contributed by atoms with E-state index < -0.39 is 4.92 Å². The third-order valence-electron chi connectivity index (χ3n) is 3.04. The van der Waals surface area contributed by atoms with E-state index in [0.717, 1.165) is 32.5 Å². The lowest BCUT2D eigenvalue weighted by atomic mass is 10.00. The molecule has 1 aliphatic rings. The number of hydrogen-bond donors (Lipinski definition) is 2. The molecule has 0 saturated carbocycles. The van der Waals surface area contributed by atoms with Crippen molar-refractivity contribution in [2.75, 3.05) is 25.0 Å². The third kappa shape index (κ3) is 3.17. The van der Waals surface area contributed by atoms with Crippen molar-refractivity contribution in [3.05, 3.63) is 27.0 Å². The zero-order valence-electron chi connectivity index (χ0n) is 9.86. The molecular formula is C11H15BrN4O2. The van der Waals surface area contributed by atoms with Gasteiger partial charge in [0.25, 0.3) is 0 Å². The summed E-state index contributed by atoms with van der Waals surface area (Å²) in [5.41, 5.74) is 0.522. The maximum absolute atomic E-state index is 10.9. The second-order valence-electron chi connectivity index (χ2n) is 4.37. The highest BCUT2D eigenvalue weighted by molar-refractivity contribution is 9.10. The van der Waals surface area contributed by atoms with E-state index in [1.165, 1.54) is 6.20 Å². The fourth-order valence-electron chi connectivity index (χ4n) is 2.08. The molecule has 1 aromatic heterocycles. The number of anilines is 1. The van der Waals surface area contributed by atoms with E-state index in [9.17, 15) is 10.1 Å². The van der Waals surface area contributed by atoms with E-state index in [0.29, 0.717) is 16.1 Å². The van der Waals surface area contributed by atoms with Crippen molar-refractivity contribution in [2.45, 2.75) is 12.8 Å². The highest BCUT2D eigenvalue weighted by Crippen LogP contribution is 2.31. The SMILES string of the molecule is O=[N+]([O-])c1cncc(Br)c1NCC1CCCNC1. The van der Waals surface area contributed by atoms with E-state index in [4.69, 9.17) is 0 Å². The largest absolute Gasteiger partial charge is 0.378 e. The molecule has 18 heavy (non-hydrogen) atoms. The summed E-state index contributed by atoms with van der Waals surface area (Å²) in [6.45, 7) is 2.76. The van der Waals surface area contributed by atoms with Gasteiger partial charge in [0.15, 0.2) is 0 Å². The number of pyridine rings is 1. The quantitative estimate of drug-likeness (QED) is 0.657. The maximum atomic E-state index is 10.9. The van der Waals surface area contributed by atoms with Crippen LogP contribution < -0.4 is 10.6 Å². The molecule has 1 aliphatic heterocycles. The molecule has 1 atom stereocenters. The summed E-state index contributed by atoms with van der Waals surface area (Å²) in [6, 6.07) is 0. The standard InChI is InChI=1S/C11H15BrN4O2/c12-9-6-14-7-10(16(17)18)11(9)15-5-8-2-1-3-13-4-8/h6-8,13H,1-5H2,(H,14,15). The highest BCUT2D eigenvalue weighted by atomic mass is 79.9. The van der Waals surface area contributed by atoms with Crippen molar-refractivity contribution in [1.82, 2.24) is 10.3 Å². The first kappa shape index (κ1) is 13.2. The number of rotatable bonds is 4. The monoisotopic (exact) mass is 314 g/mol. The Hall–Kier alpha value is -1.21. The van der Waals surface area contributed by atoms with Crippen LogP contribution in [0.4, 0.5) is 11.4 Å². The summed E-state index contributed by atoms with van der Waals surface area (Å²) in [6.07, 6.45) is 5.14. The van der Waals surface area contributed by atoms with Crippen molar-refractivity contribution in [1.29, 1.82) is 0 Å². The second kappa shape index (κ2) is 6.10. The molecule has 0 aromatic carbocycles. The molecule has 1 unspecified atom stereocenters. The molecule has 7 heteroatoms. The summed E-state index contributed by atoms with van der Waals surface area (Å²) in [5.74, 6) is 0.512. The summed E-state index contributed by atoms with van der Waals surface area (Å²) in [4.78, 5) is 14.3. The van der Waals surface area contributed by atoms with Crippen LogP contribution in [0.2, 0.25) is 0 Å². The lowest BCUT2D eigenvalue weighted by Crippen LogP contribution is -2.33. The van der Waals surface area contributed by atoms with Crippen LogP contribution in [0.3, 0.4) is 0 Å². The lowest BCUT2D eigenvalue weighted by molar-refractivity contribution is -0.384. The van der Waals surface area contributed by atoms with Crippen molar-refractivity contribution in [2.24, 2.45) is 5.92 Å². The number of piperidine rings is 1.